The monoisotopic (exact) mass is 216 g/mol. The molecule has 0 aliphatic carbocycles. The molecular weight excluding hydrogens is 196 g/mol. The molecule has 0 atom stereocenters. The van der Waals surface area contributed by atoms with Crippen molar-refractivity contribution in [2.75, 3.05) is 18.0 Å². The zero-order valence-electron chi connectivity index (χ0n) is 10.0. The topological polar surface area (TPSA) is 27.0 Å². The van der Waals surface area contributed by atoms with Crippen molar-refractivity contribution >= 4 is 5.69 Å². The summed E-state index contributed by atoms with van der Waals surface area (Å²) in [5.74, 6) is 0. The number of nitriles is 1. The first kappa shape index (κ1) is 12.6. The molecule has 0 fully saturated rings. The van der Waals surface area contributed by atoms with Crippen LogP contribution in [0.1, 0.15) is 32.6 Å². The van der Waals surface area contributed by atoms with Crippen LogP contribution in [0.5, 0.6) is 0 Å². The molecule has 1 rings (SSSR count). The molecule has 0 radical (unpaired) electrons. The number of benzene rings is 1. The van der Waals surface area contributed by atoms with Gasteiger partial charge in [-0.2, -0.15) is 5.26 Å². The lowest BCUT2D eigenvalue weighted by Crippen LogP contribution is -2.25. The molecule has 0 aliphatic heterocycles. The van der Waals surface area contributed by atoms with E-state index in [0.717, 1.165) is 19.5 Å². The molecule has 16 heavy (non-hydrogen) atoms. The molecule has 0 unspecified atom stereocenters. The maximum Gasteiger partial charge on any atom is 0.0622 e. The van der Waals surface area contributed by atoms with Crippen molar-refractivity contribution in [2.45, 2.75) is 32.6 Å². The Morgan fingerprint density at radius 3 is 2.44 bits per heavy atom. The summed E-state index contributed by atoms with van der Waals surface area (Å²) in [6, 6.07) is 12.7. The van der Waals surface area contributed by atoms with Gasteiger partial charge in [0.2, 0.25) is 0 Å². The van der Waals surface area contributed by atoms with Gasteiger partial charge in [-0.05, 0) is 25.0 Å². The highest BCUT2D eigenvalue weighted by Gasteiger charge is 2.04. The fourth-order valence-electron chi connectivity index (χ4n) is 1.71. The molecule has 1 aromatic carbocycles. The molecule has 0 heterocycles. The highest BCUT2D eigenvalue weighted by molar-refractivity contribution is 5.45. The van der Waals surface area contributed by atoms with E-state index in [1.165, 1.54) is 18.5 Å². The Morgan fingerprint density at radius 2 is 1.81 bits per heavy atom. The quantitative estimate of drug-likeness (QED) is 0.651. The van der Waals surface area contributed by atoms with E-state index in [2.05, 4.69) is 42.2 Å². The Morgan fingerprint density at radius 1 is 1.12 bits per heavy atom. The van der Waals surface area contributed by atoms with Gasteiger partial charge < -0.3 is 4.90 Å². The van der Waals surface area contributed by atoms with E-state index in [0.29, 0.717) is 6.42 Å². The first-order valence-electron chi connectivity index (χ1n) is 6.05. The van der Waals surface area contributed by atoms with Crippen molar-refractivity contribution in [2.24, 2.45) is 0 Å². The van der Waals surface area contributed by atoms with Gasteiger partial charge in [-0.3, -0.25) is 0 Å². The number of anilines is 1. The predicted molar refractivity (Wildman–Crippen MR) is 68.4 cm³/mol. The van der Waals surface area contributed by atoms with Crippen molar-refractivity contribution in [3.05, 3.63) is 30.3 Å². The molecule has 2 heteroatoms. The lowest BCUT2D eigenvalue weighted by molar-refractivity contribution is 0.691. The largest absolute Gasteiger partial charge is 0.372 e. The lowest BCUT2D eigenvalue weighted by Gasteiger charge is -2.24. The van der Waals surface area contributed by atoms with Gasteiger partial charge in [-0.1, -0.05) is 31.5 Å². The van der Waals surface area contributed by atoms with Crippen LogP contribution in [0.25, 0.3) is 0 Å². The van der Waals surface area contributed by atoms with Gasteiger partial charge in [0, 0.05) is 25.2 Å². The minimum Gasteiger partial charge on any atom is -0.372 e. The number of para-hydroxylation sites is 1. The summed E-state index contributed by atoms with van der Waals surface area (Å²) >= 11 is 0. The van der Waals surface area contributed by atoms with Crippen molar-refractivity contribution in [1.29, 1.82) is 5.26 Å². The summed E-state index contributed by atoms with van der Waals surface area (Å²) in [5, 5.41) is 8.56. The number of hydrogen-bond acceptors (Lipinski definition) is 2. The molecule has 0 bridgehead atoms. The van der Waals surface area contributed by atoms with E-state index in [1.807, 2.05) is 6.07 Å². The summed E-state index contributed by atoms with van der Waals surface area (Å²) in [5.41, 5.74) is 1.27. The minimum absolute atomic E-state index is 0.648. The molecule has 86 valence electrons. The van der Waals surface area contributed by atoms with Crippen LogP contribution in [0.4, 0.5) is 5.69 Å². The van der Waals surface area contributed by atoms with Crippen molar-refractivity contribution in [1.82, 2.24) is 0 Å². The van der Waals surface area contributed by atoms with E-state index in [-0.39, 0.29) is 0 Å². The fraction of sp³-hybridized carbons (Fsp3) is 0.500. The molecule has 0 aromatic heterocycles. The van der Waals surface area contributed by atoms with Gasteiger partial charge in [-0.15, -0.1) is 0 Å². The number of unbranched alkanes of at least 4 members (excludes halogenated alkanes) is 2. The van der Waals surface area contributed by atoms with Crippen molar-refractivity contribution in [3.63, 3.8) is 0 Å². The van der Waals surface area contributed by atoms with E-state index >= 15 is 0 Å². The van der Waals surface area contributed by atoms with Gasteiger partial charge in [0.15, 0.2) is 0 Å². The van der Waals surface area contributed by atoms with Crippen LogP contribution in [0.2, 0.25) is 0 Å². The molecule has 0 N–H and O–H groups in total. The highest BCUT2D eigenvalue weighted by atomic mass is 15.1. The maximum atomic E-state index is 8.56. The summed E-state index contributed by atoms with van der Waals surface area (Å²) in [4.78, 5) is 2.38. The van der Waals surface area contributed by atoms with E-state index in [9.17, 15) is 0 Å². The normalized spacial score (nSPS) is 9.75. The van der Waals surface area contributed by atoms with E-state index in [1.54, 1.807) is 0 Å². The molecule has 0 saturated heterocycles. The van der Waals surface area contributed by atoms with Crippen LogP contribution < -0.4 is 4.90 Å². The van der Waals surface area contributed by atoms with Crippen LogP contribution in [0.3, 0.4) is 0 Å². The summed E-state index contributed by atoms with van der Waals surface area (Å²) in [6.07, 6.45) is 4.02. The molecule has 0 spiro atoms. The third kappa shape index (κ3) is 4.35. The van der Waals surface area contributed by atoms with Crippen LogP contribution in [0.15, 0.2) is 30.3 Å². The average Bonchev–Trinajstić information content (AvgIpc) is 2.35. The van der Waals surface area contributed by atoms with Crippen molar-refractivity contribution in [3.8, 4) is 6.07 Å². The highest BCUT2D eigenvalue weighted by Crippen LogP contribution is 2.14. The second-order valence-electron chi connectivity index (χ2n) is 3.94. The summed E-state index contributed by atoms with van der Waals surface area (Å²) in [7, 11) is 0. The number of hydrogen-bond donors (Lipinski definition) is 0. The third-order valence-corrected chi connectivity index (χ3v) is 2.62. The van der Waals surface area contributed by atoms with Crippen LogP contribution >= 0.6 is 0 Å². The lowest BCUT2D eigenvalue weighted by atomic mass is 10.2. The van der Waals surface area contributed by atoms with Gasteiger partial charge in [0.05, 0.1) is 6.07 Å². The molecule has 1 aromatic rings. The maximum absolute atomic E-state index is 8.56. The average molecular weight is 216 g/mol. The fourth-order valence-corrected chi connectivity index (χ4v) is 1.71. The Bertz CT molecular complexity index is 313. The van der Waals surface area contributed by atoms with Gasteiger partial charge >= 0.3 is 0 Å². The van der Waals surface area contributed by atoms with Crippen LogP contribution in [-0.4, -0.2) is 13.1 Å². The van der Waals surface area contributed by atoms with Gasteiger partial charge in [0.25, 0.3) is 0 Å². The standard InChI is InChI=1S/C14H20N2/c1-2-3-12-16(13-8-7-11-15)14-9-5-4-6-10-14/h4-6,9-10H,2-3,7-8,12-13H2,1H3. The Kier molecular flexibility index (Phi) is 6.10. The van der Waals surface area contributed by atoms with Crippen molar-refractivity contribution < 1.29 is 0 Å². The molecule has 0 saturated carbocycles. The smallest absolute Gasteiger partial charge is 0.0622 e. The summed E-state index contributed by atoms with van der Waals surface area (Å²) in [6.45, 7) is 4.28. The zero-order valence-corrected chi connectivity index (χ0v) is 10.0. The van der Waals surface area contributed by atoms with Gasteiger partial charge in [0.1, 0.15) is 0 Å². The second kappa shape index (κ2) is 7.76. The van der Waals surface area contributed by atoms with Crippen LogP contribution in [-0.2, 0) is 0 Å². The second-order valence-corrected chi connectivity index (χ2v) is 3.94. The molecular formula is C14H20N2. The number of rotatable bonds is 7. The number of nitrogens with zero attached hydrogens (tertiary/aromatic N) is 2. The Balaban J connectivity index is 2.53. The van der Waals surface area contributed by atoms with E-state index in [4.69, 9.17) is 5.26 Å². The minimum atomic E-state index is 0.648. The molecule has 0 aliphatic rings. The SMILES string of the molecule is CCCCN(CCCC#N)c1ccccc1. The summed E-state index contributed by atoms with van der Waals surface area (Å²) < 4.78 is 0. The zero-order chi connectivity index (χ0) is 11.6. The third-order valence-electron chi connectivity index (χ3n) is 2.62. The van der Waals surface area contributed by atoms with Crippen LogP contribution in [0, 0.1) is 11.3 Å². The molecule has 0 amide bonds. The Labute approximate surface area is 98.5 Å². The van der Waals surface area contributed by atoms with E-state index < -0.39 is 0 Å². The first-order chi connectivity index (χ1) is 7.88. The Hall–Kier alpha value is -1.49. The first-order valence-corrected chi connectivity index (χ1v) is 6.05. The van der Waals surface area contributed by atoms with Gasteiger partial charge in [-0.25, -0.2) is 0 Å². The predicted octanol–water partition coefficient (Wildman–Crippen LogP) is 3.60. The molecule has 2 nitrogen and oxygen atoms in total.